The second kappa shape index (κ2) is 6.54. The Morgan fingerprint density at radius 1 is 1.20 bits per heavy atom. The van der Waals surface area contributed by atoms with E-state index in [2.05, 4.69) is 12.2 Å². The first kappa shape index (κ1) is 15.3. The average molecular weight is 281 g/mol. The van der Waals surface area contributed by atoms with Crippen LogP contribution >= 0.6 is 0 Å². The van der Waals surface area contributed by atoms with Gasteiger partial charge in [-0.2, -0.15) is 0 Å². The number of nitrogens with one attached hydrogen (secondary N) is 1. The molecule has 0 radical (unpaired) electrons. The van der Waals surface area contributed by atoms with Gasteiger partial charge in [-0.15, -0.1) is 0 Å². The van der Waals surface area contributed by atoms with Gasteiger partial charge in [-0.3, -0.25) is 0 Å². The highest BCUT2D eigenvalue weighted by Crippen LogP contribution is 2.35. The van der Waals surface area contributed by atoms with Crippen LogP contribution < -0.4 is 5.32 Å². The quantitative estimate of drug-likeness (QED) is 0.735. The van der Waals surface area contributed by atoms with Gasteiger partial charge in [0.15, 0.2) is 0 Å². The molecule has 0 saturated heterocycles. The summed E-state index contributed by atoms with van der Waals surface area (Å²) in [5.41, 5.74) is 3.66. The highest BCUT2D eigenvalue weighted by atomic mass is 16.5. The first-order valence-electron chi connectivity index (χ1n) is 6.84. The number of rotatable bonds is 6. The Balaban J connectivity index is 2.38. The molecule has 3 atom stereocenters. The fraction of sp³-hybridized carbons (Fsp3) is 0.600. The van der Waals surface area contributed by atoms with Crippen LogP contribution in [0.4, 0.5) is 5.69 Å². The second-order valence-electron chi connectivity index (χ2n) is 5.33. The molecule has 0 spiro atoms. The minimum Gasteiger partial charge on any atom is -0.386 e. The third-order valence-corrected chi connectivity index (χ3v) is 3.61. The maximum Gasteiger partial charge on any atom is 0.103 e. The lowest BCUT2D eigenvalue weighted by Crippen LogP contribution is -2.11. The summed E-state index contributed by atoms with van der Waals surface area (Å²) in [6.07, 6.45) is -0.515. The van der Waals surface area contributed by atoms with Crippen molar-refractivity contribution in [2.75, 3.05) is 32.8 Å². The van der Waals surface area contributed by atoms with Crippen molar-refractivity contribution >= 4 is 5.69 Å². The van der Waals surface area contributed by atoms with Crippen LogP contribution in [-0.4, -0.2) is 43.7 Å². The Labute approximate surface area is 119 Å². The molecule has 5 nitrogen and oxygen atoms in total. The van der Waals surface area contributed by atoms with E-state index in [4.69, 9.17) is 9.47 Å². The Morgan fingerprint density at radius 3 is 2.50 bits per heavy atom. The molecular formula is C15H23NO4. The van der Waals surface area contributed by atoms with Crippen LogP contribution in [0, 0.1) is 0 Å². The van der Waals surface area contributed by atoms with Crippen LogP contribution in [0.3, 0.4) is 0 Å². The molecule has 0 fully saturated rings. The molecule has 1 aliphatic heterocycles. The standard InChI is InChI=1S/C15H23NO4/c1-9-4-11-12(15(18)8-20-3)5-10(6-13(11)16-9)14(17)7-19-2/h5-6,9,14-18H,4,7-8H2,1-3H3. The van der Waals surface area contributed by atoms with Crippen LogP contribution in [-0.2, 0) is 15.9 Å². The molecule has 3 N–H and O–H groups in total. The molecule has 1 aromatic carbocycles. The lowest BCUT2D eigenvalue weighted by atomic mass is 9.95. The normalized spacial score (nSPS) is 20.4. The van der Waals surface area contributed by atoms with Crippen LogP contribution in [0.1, 0.15) is 35.8 Å². The fourth-order valence-corrected chi connectivity index (χ4v) is 2.69. The van der Waals surface area contributed by atoms with E-state index < -0.39 is 12.2 Å². The summed E-state index contributed by atoms with van der Waals surface area (Å²) < 4.78 is 10.0. The van der Waals surface area contributed by atoms with Gasteiger partial charge in [0.05, 0.1) is 13.2 Å². The largest absolute Gasteiger partial charge is 0.386 e. The monoisotopic (exact) mass is 281 g/mol. The fourth-order valence-electron chi connectivity index (χ4n) is 2.69. The lowest BCUT2D eigenvalue weighted by molar-refractivity contribution is 0.0600. The third-order valence-electron chi connectivity index (χ3n) is 3.61. The number of aliphatic hydroxyl groups excluding tert-OH is 2. The summed E-state index contributed by atoms with van der Waals surface area (Å²) in [7, 11) is 3.12. The van der Waals surface area contributed by atoms with Crippen molar-refractivity contribution in [2.24, 2.45) is 0 Å². The number of ether oxygens (including phenoxy) is 2. The van der Waals surface area contributed by atoms with Crippen molar-refractivity contribution < 1.29 is 19.7 Å². The number of hydrogen-bond donors (Lipinski definition) is 3. The molecule has 0 aromatic heterocycles. The molecule has 5 heteroatoms. The van der Waals surface area contributed by atoms with Crippen LogP contribution in [0.2, 0.25) is 0 Å². The van der Waals surface area contributed by atoms with Crippen molar-refractivity contribution in [2.45, 2.75) is 31.6 Å². The number of aliphatic hydroxyl groups is 2. The molecule has 3 unspecified atom stereocenters. The molecule has 0 saturated carbocycles. The van der Waals surface area contributed by atoms with E-state index >= 15 is 0 Å². The first-order chi connectivity index (χ1) is 9.56. The Bertz CT molecular complexity index is 463. The summed E-state index contributed by atoms with van der Waals surface area (Å²) in [6, 6.07) is 4.12. The van der Waals surface area contributed by atoms with Crippen molar-refractivity contribution in [1.29, 1.82) is 0 Å². The third kappa shape index (κ3) is 3.12. The maximum atomic E-state index is 10.2. The molecule has 1 aliphatic rings. The smallest absolute Gasteiger partial charge is 0.103 e. The second-order valence-corrected chi connectivity index (χ2v) is 5.33. The van der Waals surface area contributed by atoms with Gasteiger partial charge in [0, 0.05) is 25.9 Å². The Hall–Kier alpha value is -1.14. The van der Waals surface area contributed by atoms with Gasteiger partial charge in [0.25, 0.3) is 0 Å². The van der Waals surface area contributed by atoms with Crippen molar-refractivity contribution in [1.82, 2.24) is 0 Å². The summed E-state index contributed by atoms with van der Waals surface area (Å²) in [5.74, 6) is 0. The molecule has 0 aliphatic carbocycles. The first-order valence-corrected chi connectivity index (χ1v) is 6.84. The highest BCUT2D eigenvalue weighted by Gasteiger charge is 2.25. The van der Waals surface area contributed by atoms with Gasteiger partial charge in [0.1, 0.15) is 12.2 Å². The summed E-state index contributed by atoms with van der Waals surface area (Å²) in [6.45, 7) is 2.57. The zero-order chi connectivity index (χ0) is 14.7. The lowest BCUT2D eigenvalue weighted by Gasteiger charge is -2.18. The van der Waals surface area contributed by atoms with E-state index in [0.29, 0.717) is 6.04 Å². The van der Waals surface area contributed by atoms with E-state index in [1.54, 1.807) is 14.2 Å². The molecule has 20 heavy (non-hydrogen) atoms. The summed E-state index contributed by atoms with van der Waals surface area (Å²) in [4.78, 5) is 0. The van der Waals surface area contributed by atoms with Gasteiger partial charge in [-0.1, -0.05) is 6.07 Å². The predicted molar refractivity (Wildman–Crippen MR) is 76.9 cm³/mol. The summed E-state index contributed by atoms with van der Waals surface area (Å²) in [5, 5.41) is 23.7. The van der Waals surface area contributed by atoms with Crippen molar-refractivity contribution in [3.05, 3.63) is 28.8 Å². The minimum atomic E-state index is -0.698. The molecule has 2 rings (SSSR count). The zero-order valence-corrected chi connectivity index (χ0v) is 12.2. The number of anilines is 1. The molecule has 112 valence electrons. The SMILES string of the molecule is COCC(O)c1cc2c(c(C(O)COC)c1)CC(C)N2. The van der Waals surface area contributed by atoms with E-state index in [-0.39, 0.29) is 13.2 Å². The molecule has 1 aromatic rings. The van der Waals surface area contributed by atoms with Crippen molar-refractivity contribution in [3.8, 4) is 0 Å². The van der Waals surface area contributed by atoms with Crippen LogP contribution in [0.25, 0.3) is 0 Å². The zero-order valence-electron chi connectivity index (χ0n) is 12.2. The Kier molecular flexibility index (Phi) is 4.99. The molecule has 0 bridgehead atoms. The summed E-state index contributed by atoms with van der Waals surface area (Å²) >= 11 is 0. The van der Waals surface area contributed by atoms with Gasteiger partial charge in [0.2, 0.25) is 0 Å². The highest BCUT2D eigenvalue weighted by molar-refractivity contribution is 5.62. The van der Waals surface area contributed by atoms with E-state index in [1.807, 2.05) is 12.1 Å². The average Bonchev–Trinajstić information content (AvgIpc) is 2.78. The van der Waals surface area contributed by atoms with E-state index in [0.717, 1.165) is 28.8 Å². The topological polar surface area (TPSA) is 71.0 Å². The Morgan fingerprint density at radius 2 is 1.85 bits per heavy atom. The molecule has 1 heterocycles. The van der Waals surface area contributed by atoms with Gasteiger partial charge < -0.3 is 25.0 Å². The van der Waals surface area contributed by atoms with Gasteiger partial charge in [-0.05, 0) is 36.1 Å². The van der Waals surface area contributed by atoms with Crippen molar-refractivity contribution in [3.63, 3.8) is 0 Å². The van der Waals surface area contributed by atoms with E-state index in [9.17, 15) is 10.2 Å². The van der Waals surface area contributed by atoms with E-state index in [1.165, 1.54) is 0 Å². The minimum absolute atomic E-state index is 0.230. The number of fused-ring (bicyclic) bond motifs is 1. The number of hydrogen-bond acceptors (Lipinski definition) is 5. The number of methoxy groups -OCH3 is 2. The molecule has 0 amide bonds. The predicted octanol–water partition coefficient (Wildman–Crippen LogP) is 1.40. The van der Waals surface area contributed by atoms with Gasteiger partial charge >= 0.3 is 0 Å². The van der Waals surface area contributed by atoms with Gasteiger partial charge in [-0.25, -0.2) is 0 Å². The molecular weight excluding hydrogens is 258 g/mol. The van der Waals surface area contributed by atoms with Crippen LogP contribution in [0.5, 0.6) is 0 Å². The van der Waals surface area contributed by atoms with Crippen LogP contribution in [0.15, 0.2) is 12.1 Å². The number of benzene rings is 1. The maximum absolute atomic E-state index is 10.2.